The van der Waals surface area contributed by atoms with Gasteiger partial charge in [0.2, 0.25) is 11.0 Å². The summed E-state index contributed by atoms with van der Waals surface area (Å²) >= 11 is 1.40. The normalized spacial score (nSPS) is 16.3. The molecule has 1 aliphatic heterocycles. The van der Waals surface area contributed by atoms with Crippen LogP contribution in [-0.4, -0.2) is 46.7 Å². The lowest BCUT2D eigenvalue weighted by Crippen LogP contribution is -2.42. The topological polar surface area (TPSA) is 67.4 Å². The molecule has 1 saturated heterocycles. The molecule has 1 fully saturated rings. The molecule has 8 heteroatoms. The van der Waals surface area contributed by atoms with Crippen LogP contribution >= 0.6 is 11.3 Å². The van der Waals surface area contributed by atoms with E-state index in [2.05, 4.69) is 41.2 Å². The monoisotopic (exact) mass is 392 g/mol. The number of aromatic nitrogens is 2. The third kappa shape index (κ3) is 5.46. The van der Waals surface area contributed by atoms with Crippen molar-refractivity contribution in [1.29, 1.82) is 0 Å². The van der Waals surface area contributed by atoms with Gasteiger partial charge in [0.15, 0.2) is 11.6 Å². The molecule has 1 aliphatic rings. The first kappa shape index (κ1) is 19.7. The van der Waals surface area contributed by atoms with Crippen molar-refractivity contribution in [1.82, 2.24) is 15.1 Å². The van der Waals surface area contributed by atoms with Crippen molar-refractivity contribution in [2.24, 2.45) is 0 Å². The van der Waals surface area contributed by atoms with E-state index >= 15 is 0 Å². The van der Waals surface area contributed by atoms with Crippen LogP contribution in [0.2, 0.25) is 0 Å². The van der Waals surface area contributed by atoms with Gasteiger partial charge < -0.3 is 4.74 Å². The molecule has 0 spiro atoms. The number of anilines is 1. The second-order valence-corrected chi connectivity index (χ2v) is 8.71. The molecule has 0 saturated carbocycles. The van der Waals surface area contributed by atoms with Crippen LogP contribution in [0.5, 0.6) is 5.75 Å². The number of halogens is 1. The Kier molecular flexibility index (Phi) is 6.06. The predicted octanol–water partition coefficient (Wildman–Crippen LogP) is 3.46. The summed E-state index contributed by atoms with van der Waals surface area (Å²) in [6.45, 7) is 7.95. The second kappa shape index (κ2) is 8.31. The predicted molar refractivity (Wildman–Crippen MR) is 104 cm³/mol. The number of benzene rings is 1. The van der Waals surface area contributed by atoms with Gasteiger partial charge >= 0.3 is 0 Å². The van der Waals surface area contributed by atoms with Gasteiger partial charge in [0.1, 0.15) is 11.1 Å². The minimum Gasteiger partial charge on any atom is -0.487 e. The summed E-state index contributed by atoms with van der Waals surface area (Å²) in [5.74, 6) is -0.148. The van der Waals surface area contributed by atoms with Gasteiger partial charge in [0.25, 0.3) is 0 Å². The van der Waals surface area contributed by atoms with E-state index in [1.54, 1.807) is 18.2 Å². The zero-order valence-electron chi connectivity index (χ0n) is 15.9. The summed E-state index contributed by atoms with van der Waals surface area (Å²) in [7, 11) is 0. The van der Waals surface area contributed by atoms with E-state index in [1.165, 1.54) is 17.4 Å². The molecule has 1 aromatic heterocycles. The fourth-order valence-electron chi connectivity index (χ4n) is 2.84. The Hall–Kier alpha value is -2.06. The van der Waals surface area contributed by atoms with E-state index in [-0.39, 0.29) is 23.2 Å². The summed E-state index contributed by atoms with van der Waals surface area (Å²) in [5.41, 5.74) is -0.0826. The highest BCUT2D eigenvalue weighted by atomic mass is 32.1. The van der Waals surface area contributed by atoms with Crippen LogP contribution in [0, 0.1) is 5.82 Å². The van der Waals surface area contributed by atoms with Gasteiger partial charge in [-0.05, 0) is 25.0 Å². The average molecular weight is 393 g/mol. The average Bonchev–Trinajstić information content (AvgIpc) is 3.07. The summed E-state index contributed by atoms with van der Waals surface area (Å²) in [4.78, 5) is 14.3. The van der Waals surface area contributed by atoms with Crippen molar-refractivity contribution >= 4 is 22.4 Å². The van der Waals surface area contributed by atoms with Crippen LogP contribution < -0.4 is 10.1 Å². The van der Waals surface area contributed by atoms with Gasteiger partial charge in [-0.25, -0.2) is 4.39 Å². The van der Waals surface area contributed by atoms with Gasteiger partial charge in [-0.3, -0.25) is 15.0 Å². The van der Waals surface area contributed by atoms with Crippen molar-refractivity contribution in [2.75, 3.05) is 25.0 Å². The lowest BCUT2D eigenvalue weighted by Gasteiger charge is -2.31. The van der Waals surface area contributed by atoms with Gasteiger partial charge in [-0.2, -0.15) is 0 Å². The molecule has 2 aromatic rings. The number of nitrogens with one attached hydrogen (secondary N) is 1. The Morgan fingerprint density at radius 2 is 2.00 bits per heavy atom. The molecule has 0 atom stereocenters. The molecule has 0 unspecified atom stereocenters. The number of carbonyl (C=O) groups excluding carboxylic acids is 1. The number of ether oxygens (including phenoxy) is 1. The lowest BCUT2D eigenvalue weighted by molar-refractivity contribution is -0.117. The van der Waals surface area contributed by atoms with Gasteiger partial charge in [-0.1, -0.05) is 44.2 Å². The first-order chi connectivity index (χ1) is 12.8. The van der Waals surface area contributed by atoms with E-state index < -0.39 is 0 Å². The molecule has 0 bridgehead atoms. The third-order valence-corrected chi connectivity index (χ3v) is 5.61. The summed E-state index contributed by atoms with van der Waals surface area (Å²) < 4.78 is 19.4. The molecule has 2 heterocycles. The number of amides is 1. The maximum atomic E-state index is 13.7. The Bertz CT molecular complexity index is 782. The molecular formula is C19H25FN4O2S. The highest BCUT2D eigenvalue weighted by molar-refractivity contribution is 7.15. The first-order valence-electron chi connectivity index (χ1n) is 9.08. The van der Waals surface area contributed by atoms with E-state index in [4.69, 9.17) is 4.74 Å². The van der Waals surface area contributed by atoms with Crippen LogP contribution in [-0.2, 0) is 10.2 Å². The molecule has 0 radical (unpaired) electrons. The number of rotatable bonds is 5. The number of piperidine rings is 1. The fourth-order valence-corrected chi connectivity index (χ4v) is 3.66. The maximum absolute atomic E-state index is 13.7. The summed E-state index contributed by atoms with van der Waals surface area (Å²) in [5, 5.41) is 12.4. The van der Waals surface area contributed by atoms with Crippen LogP contribution in [0.1, 0.15) is 38.6 Å². The maximum Gasteiger partial charge on any atom is 0.240 e. The number of hydrogen-bond donors (Lipinski definition) is 1. The zero-order valence-corrected chi connectivity index (χ0v) is 16.7. The number of hydrogen-bond acceptors (Lipinski definition) is 6. The molecule has 6 nitrogen and oxygen atoms in total. The van der Waals surface area contributed by atoms with Crippen LogP contribution in [0.15, 0.2) is 24.3 Å². The van der Waals surface area contributed by atoms with E-state index in [9.17, 15) is 9.18 Å². The van der Waals surface area contributed by atoms with Gasteiger partial charge in [-0.15, -0.1) is 10.2 Å². The molecule has 0 aliphatic carbocycles. The van der Waals surface area contributed by atoms with E-state index in [0.717, 1.165) is 30.9 Å². The van der Waals surface area contributed by atoms with Gasteiger partial charge in [0, 0.05) is 18.5 Å². The first-order valence-corrected chi connectivity index (χ1v) is 9.90. The zero-order chi connectivity index (χ0) is 19.4. The molecule has 1 aromatic carbocycles. The minimum absolute atomic E-state index is 0.0290. The van der Waals surface area contributed by atoms with Crippen molar-refractivity contribution in [3.05, 3.63) is 35.1 Å². The highest BCUT2D eigenvalue weighted by Gasteiger charge is 2.24. The number of carbonyl (C=O) groups is 1. The van der Waals surface area contributed by atoms with Gasteiger partial charge in [0.05, 0.1) is 6.54 Å². The molecule has 27 heavy (non-hydrogen) atoms. The van der Waals surface area contributed by atoms with Crippen LogP contribution in [0.3, 0.4) is 0 Å². The smallest absolute Gasteiger partial charge is 0.240 e. The molecule has 146 valence electrons. The molecular weight excluding hydrogens is 367 g/mol. The second-order valence-electron chi connectivity index (χ2n) is 7.73. The van der Waals surface area contributed by atoms with Crippen molar-refractivity contribution in [3.63, 3.8) is 0 Å². The molecule has 1 N–H and O–H groups in total. The summed E-state index contributed by atoms with van der Waals surface area (Å²) in [6, 6.07) is 6.44. The Morgan fingerprint density at radius 3 is 2.63 bits per heavy atom. The Morgan fingerprint density at radius 1 is 1.30 bits per heavy atom. The van der Waals surface area contributed by atoms with Crippen LogP contribution in [0.4, 0.5) is 9.52 Å². The molecule has 3 rings (SSSR count). The van der Waals surface area contributed by atoms with Crippen molar-refractivity contribution in [2.45, 2.75) is 45.1 Å². The Balaban J connectivity index is 1.44. The van der Waals surface area contributed by atoms with E-state index in [1.807, 2.05) is 0 Å². The van der Waals surface area contributed by atoms with Crippen molar-refractivity contribution in [3.8, 4) is 5.75 Å². The number of nitrogens with zero attached hydrogens (tertiary/aromatic N) is 3. The fraction of sp³-hybridized carbons (Fsp3) is 0.526. The largest absolute Gasteiger partial charge is 0.487 e. The lowest BCUT2D eigenvalue weighted by atomic mass is 9.98. The van der Waals surface area contributed by atoms with Crippen molar-refractivity contribution < 1.29 is 13.9 Å². The Labute approximate surface area is 162 Å². The minimum atomic E-state index is -0.342. The third-order valence-electron chi connectivity index (χ3n) is 4.35. The number of likely N-dealkylation sites (tertiary alicyclic amines) is 1. The quantitative estimate of drug-likeness (QED) is 0.844. The summed E-state index contributed by atoms with van der Waals surface area (Å²) in [6.07, 6.45) is 1.49. The molecule has 1 amide bonds. The SMILES string of the molecule is CC(C)(C)c1nnc(NC(=O)CN2CCC(Oc3ccccc3F)CC2)s1. The standard InChI is InChI=1S/C19H25FN4O2S/c1-19(2,3)17-22-23-18(27-17)21-16(25)12-24-10-8-13(9-11-24)26-15-7-5-4-6-14(15)20/h4-7,13H,8-12H2,1-3H3,(H,21,23,25). The van der Waals surface area contributed by atoms with Crippen LogP contribution in [0.25, 0.3) is 0 Å². The highest BCUT2D eigenvalue weighted by Crippen LogP contribution is 2.27. The van der Waals surface area contributed by atoms with E-state index in [0.29, 0.717) is 17.4 Å². The number of para-hydroxylation sites is 1.